The Balaban J connectivity index is 1.92. The van der Waals surface area contributed by atoms with E-state index in [-0.39, 0.29) is 6.17 Å². The van der Waals surface area contributed by atoms with Crippen LogP contribution < -0.4 is 26.1 Å². The smallest absolute Gasteiger partial charge is 0.227 e. The number of methoxy groups -OCH3 is 1. The van der Waals surface area contributed by atoms with E-state index >= 15 is 0 Å². The van der Waals surface area contributed by atoms with Crippen LogP contribution in [0.5, 0.6) is 5.75 Å². The third kappa shape index (κ3) is 2.54. The molecular weight excluding hydrogens is 314 g/mol. The Bertz CT molecular complexity index is 1020. The van der Waals surface area contributed by atoms with Gasteiger partial charge in [-0.05, 0) is 48.4 Å². The highest BCUT2D eigenvalue weighted by atomic mass is 16.5. The Morgan fingerprint density at radius 2 is 1.84 bits per heavy atom. The van der Waals surface area contributed by atoms with E-state index in [4.69, 9.17) is 19.9 Å². The molecule has 0 bridgehead atoms. The summed E-state index contributed by atoms with van der Waals surface area (Å²) in [6, 6.07) is 17.8. The van der Waals surface area contributed by atoms with Gasteiger partial charge in [0, 0.05) is 5.69 Å². The van der Waals surface area contributed by atoms with Gasteiger partial charge in [0.1, 0.15) is 11.6 Å². The second-order valence-corrected chi connectivity index (χ2v) is 5.95. The average Bonchev–Trinajstić information content (AvgIpc) is 3.11. The van der Waals surface area contributed by atoms with Crippen molar-refractivity contribution in [3.63, 3.8) is 0 Å². The first kappa shape index (κ1) is 15.3. The molecule has 126 valence electrons. The number of benzene rings is 2. The topological polar surface area (TPSA) is 64.0 Å². The Morgan fingerprint density at radius 3 is 2.56 bits per heavy atom. The number of rotatable bonds is 3. The van der Waals surface area contributed by atoms with Crippen molar-refractivity contribution in [3.05, 3.63) is 82.8 Å². The summed E-state index contributed by atoms with van der Waals surface area (Å²) in [5.41, 5.74) is 10.3. The zero-order valence-electron chi connectivity index (χ0n) is 14.1. The van der Waals surface area contributed by atoms with Gasteiger partial charge in [-0.3, -0.25) is 0 Å². The van der Waals surface area contributed by atoms with Crippen LogP contribution in [-0.2, 0) is 0 Å². The van der Waals surface area contributed by atoms with Crippen molar-refractivity contribution in [2.45, 2.75) is 13.1 Å². The second kappa shape index (κ2) is 6.02. The predicted molar refractivity (Wildman–Crippen MR) is 96.5 cm³/mol. The molecule has 1 unspecified atom stereocenters. The molecule has 0 radical (unpaired) electrons. The van der Waals surface area contributed by atoms with Gasteiger partial charge in [0.15, 0.2) is 6.17 Å². The fourth-order valence-electron chi connectivity index (χ4n) is 3.13. The Morgan fingerprint density at radius 1 is 1.08 bits per heavy atom. The van der Waals surface area contributed by atoms with E-state index in [1.165, 1.54) is 0 Å². The SMILES string of the molecule is COc1ccc(N2C(N)=c3ccoc3=NC2c2ccccc2C)cc1. The first-order valence-corrected chi connectivity index (χ1v) is 8.09. The number of furan rings is 1. The van der Waals surface area contributed by atoms with Crippen molar-refractivity contribution in [3.8, 4) is 5.75 Å². The molecule has 3 aromatic rings. The highest BCUT2D eigenvalue weighted by Crippen LogP contribution is 2.33. The number of anilines is 1. The lowest BCUT2D eigenvalue weighted by Crippen LogP contribution is -2.44. The predicted octanol–water partition coefficient (Wildman–Crippen LogP) is 2.46. The molecule has 2 aromatic carbocycles. The van der Waals surface area contributed by atoms with Gasteiger partial charge in [0.05, 0.1) is 18.6 Å². The van der Waals surface area contributed by atoms with Crippen molar-refractivity contribution < 1.29 is 9.15 Å². The van der Waals surface area contributed by atoms with Crippen LogP contribution in [-0.4, -0.2) is 7.11 Å². The molecule has 0 aliphatic carbocycles. The summed E-state index contributed by atoms with van der Waals surface area (Å²) in [4.78, 5) is 6.84. The van der Waals surface area contributed by atoms with Gasteiger partial charge in [-0.1, -0.05) is 24.3 Å². The number of hydrogen-bond acceptors (Lipinski definition) is 5. The summed E-state index contributed by atoms with van der Waals surface area (Å²) in [5, 5.41) is 0.806. The second-order valence-electron chi connectivity index (χ2n) is 5.95. The quantitative estimate of drug-likeness (QED) is 0.800. The van der Waals surface area contributed by atoms with Crippen molar-refractivity contribution >= 4 is 11.5 Å². The van der Waals surface area contributed by atoms with E-state index < -0.39 is 0 Å². The molecule has 5 heteroatoms. The lowest BCUT2D eigenvalue weighted by Gasteiger charge is -2.33. The molecule has 1 aliphatic rings. The van der Waals surface area contributed by atoms with E-state index in [9.17, 15) is 0 Å². The van der Waals surface area contributed by atoms with Crippen molar-refractivity contribution in [1.29, 1.82) is 0 Å². The van der Waals surface area contributed by atoms with E-state index in [0.29, 0.717) is 11.4 Å². The minimum Gasteiger partial charge on any atom is -0.497 e. The van der Waals surface area contributed by atoms with Crippen molar-refractivity contribution in [1.82, 2.24) is 0 Å². The molecule has 1 atom stereocenters. The van der Waals surface area contributed by atoms with Crippen LogP contribution in [0, 0.1) is 6.92 Å². The van der Waals surface area contributed by atoms with Crippen LogP contribution in [0.15, 0.2) is 70.3 Å². The summed E-state index contributed by atoms with van der Waals surface area (Å²) >= 11 is 0. The fraction of sp³-hybridized carbons (Fsp3) is 0.150. The molecule has 4 rings (SSSR count). The Kier molecular flexibility index (Phi) is 3.69. The van der Waals surface area contributed by atoms with Crippen LogP contribution in [0.1, 0.15) is 17.3 Å². The standard InChI is InChI=1S/C20H19N3O2/c1-13-5-3-4-6-16(13)19-22-20-17(11-12-25-20)18(21)23(19)14-7-9-15(24-2)10-8-14/h3-12,19H,21H2,1-2H3. The maximum atomic E-state index is 6.51. The maximum Gasteiger partial charge on any atom is 0.227 e. The van der Waals surface area contributed by atoms with Gasteiger partial charge in [0.2, 0.25) is 5.55 Å². The lowest BCUT2D eigenvalue weighted by molar-refractivity contribution is 0.415. The third-order valence-corrected chi connectivity index (χ3v) is 4.48. The maximum absolute atomic E-state index is 6.51. The molecule has 2 N–H and O–H groups in total. The zero-order valence-corrected chi connectivity index (χ0v) is 14.1. The van der Waals surface area contributed by atoms with E-state index in [2.05, 4.69) is 19.1 Å². The van der Waals surface area contributed by atoms with Crippen LogP contribution >= 0.6 is 0 Å². The molecule has 0 fully saturated rings. The molecule has 0 saturated heterocycles. The number of nitrogens with two attached hydrogens (primary N) is 1. The van der Waals surface area contributed by atoms with Crippen molar-refractivity contribution in [2.24, 2.45) is 10.7 Å². The molecule has 1 aliphatic heterocycles. The molecule has 0 spiro atoms. The van der Waals surface area contributed by atoms with E-state index in [1.807, 2.05) is 47.4 Å². The Hall–Kier alpha value is -3.21. The summed E-state index contributed by atoms with van der Waals surface area (Å²) in [7, 11) is 1.65. The van der Waals surface area contributed by atoms with Gasteiger partial charge in [-0.15, -0.1) is 0 Å². The number of ether oxygens (including phenoxy) is 1. The monoisotopic (exact) mass is 333 g/mol. The van der Waals surface area contributed by atoms with Gasteiger partial charge in [0.25, 0.3) is 0 Å². The number of fused-ring (bicyclic) bond motifs is 1. The number of aryl methyl sites for hydroxylation is 1. The van der Waals surface area contributed by atoms with E-state index in [0.717, 1.165) is 27.8 Å². The fourth-order valence-corrected chi connectivity index (χ4v) is 3.13. The van der Waals surface area contributed by atoms with E-state index in [1.54, 1.807) is 13.4 Å². The lowest BCUT2D eigenvalue weighted by atomic mass is 10.0. The van der Waals surface area contributed by atoms with Crippen LogP contribution in [0.3, 0.4) is 0 Å². The summed E-state index contributed by atoms with van der Waals surface area (Å²) < 4.78 is 10.8. The highest BCUT2D eigenvalue weighted by molar-refractivity contribution is 5.69. The highest BCUT2D eigenvalue weighted by Gasteiger charge is 2.28. The molecule has 2 heterocycles. The van der Waals surface area contributed by atoms with Gasteiger partial charge in [-0.25, -0.2) is 4.99 Å². The molecular formula is C20H19N3O2. The minimum absolute atomic E-state index is 0.284. The Labute approximate surface area is 145 Å². The number of hydrogen-bond donors (Lipinski definition) is 1. The first-order chi connectivity index (χ1) is 12.2. The average molecular weight is 333 g/mol. The minimum atomic E-state index is -0.284. The molecule has 0 saturated carbocycles. The molecule has 0 amide bonds. The summed E-state index contributed by atoms with van der Waals surface area (Å²) in [6.45, 7) is 2.07. The van der Waals surface area contributed by atoms with Crippen molar-refractivity contribution in [2.75, 3.05) is 12.0 Å². The summed E-state index contributed by atoms with van der Waals surface area (Å²) in [6.07, 6.45) is 1.33. The molecule has 1 aromatic heterocycles. The first-order valence-electron chi connectivity index (χ1n) is 8.09. The normalized spacial score (nSPS) is 16.3. The van der Waals surface area contributed by atoms with Gasteiger partial charge in [-0.2, -0.15) is 0 Å². The molecule has 5 nitrogen and oxygen atoms in total. The van der Waals surface area contributed by atoms with Crippen LogP contribution in [0.25, 0.3) is 5.82 Å². The van der Waals surface area contributed by atoms with Crippen LogP contribution in [0.4, 0.5) is 5.69 Å². The van der Waals surface area contributed by atoms with Gasteiger partial charge < -0.3 is 19.8 Å². The van der Waals surface area contributed by atoms with Crippen LogP contribution in [0.2, 0.25) is 0 Å². The largest absolute Gasteiger partial charge is 0.497 e. The molecule has 25 heavy (non-hydrogen) atoms. The number of nitrogens with zero attached hydrogens (tertiary/aromatic N) is 2. The van der Waals surface area contributed by atoms with Gasteiger partial charge >= 0.3 is 0 Å². The third-order valence-electron chi connectivity index (χ3n) is 4.48. The zero-order chi connectivity index (χ0) is 17.4. The summed E-state index contributed by atoms with van der Waals surface area (Å²) in [5.74, 6) is 1.42.